The first kappa shape index (κ1) is 15.4. The summed E-state index contributed by atoms with van der Waals surface area (Å²) in [5.74, 6) is 1.35. The van der Waals surface area contributed by atoms with Gasteiger partial charge in [0.05, 0.1) is 11.3 Å². The molecule has 0 aliphatic rings. The van der Waals surface area contributed by atoms with Crippen LogP contribution in [0.3, 0.4) is 0 Å². The SMILES string of the molecule is Clc1ccc(-[n+]2c(-c3ccco3)[nH]c3nc4ccccc4nc32)c(Cl)c1. The first-order chi connectivity index (χ1) is 12.7. The number of benzene rings is 2. The summed E-state index contributed by atoms with van der Waals surface area (Å²) >= 11 is 12.5. The molecule has 0 fully saturated rings. The number of para-hydroxylation sites is 2. The van der Waals surface area contributed by atoms with E-state index in [1.54, 1.807) is 18.4 Å². The second-order valence-electron chi connectivity index (χ2n) is 5.77. The van der Waals surface area contributed by atoms with Crippen LogP contribution in [-0.2, 0) is 0 Å². The molecule has 0 saturated carbocycles. The number of H-pyrrole nitrogens is 1. The third-order valence-corrected chi connectivity index (χ3v) is 4.67. The Bertz CT molecular complexity index is 1260. The number of hydrogen-bond donors (Lipinski definition) is 1. The van der Waals surface area contributed by atoms with Gasteiger partial charge in [0, 0.05) is 5.02 Å². The number of nitrogens with one attached hydrogen (secondary N) is 1. The molecule has 0 aliphatic heterocycles. The van der Waals surface area contributed by atoms with Crippen LogP contribution in [0.25, 0.3) is 39.6 Å². The lowest BCUT2D eigenvalue weighted by Crippen LogP contribution is -2.33. The molecule has 3 aromatic heterocycles. The largest absolute Gasteiger partial charge is 0.458 e. The molecule has 1 N–H and O–H groups in total. The molecular formula is C19H11Cl2N4O+. The van der Waals surface area contributed by atoms with E-state index in [1.165, 1.54) is 0 Å². The first-order valence-electron chi connectivity index (χ1n) is 7.90. The van der Waals surface area contributed by atoms with Gasteiger partial charge in [0.25, 0.3) is 11.5 Å². The number of rotatable bonds is 2. The van der Waals surface area contributed by atoms with Gasteiger partial charge in [-0.1, -0.05) is 40.3 Å². The predicted molar refractivity (Wildman–Crippen MR) is 101 cm³/mol. The van der Waals surface area contributed by atoms with Gasteiger partial charge < -0.3 is 4.42 Å². The number of furan rings is 1. The van der Waals surface area contributed by atoms with Gasteiger partial charge in [-0.25, -0.2) is 9.97 Å². The molecule has 0 saturated heterocycles. The van der Waals surface area contributed by atoms with Crippen molar-refractivity contribution in [2.75, 3.05) is 0 Å². The molecule has 0 aliphatic carbocycles. The molecule has 0 unspecified atom stereocenters. The summed E-state index contributed by atoms with van der Waals surface area (Å²) in [7, 11) is 0. The van der Waals surface area contributed by atoms with Crippen molar-refractivity contribution in [2.24, 2.45) is 0 Å². The number of nitrogens with zero attached hydrogens (tertiary/aromatic N) is 3. The molecule has 0 atom stereocenters. The highest BCUT2D eigenvalue weighted by Crippen LogP contribution is 2.26. The molecule has 5 aromatic rings. The monoisotopic (exact) mass is 381 g/mol. The molecule has 7 heteroatoms. The van der Waals surface area contributed by atoms with Crippen LogP contribution < -0.4 is 4.57 Å². The maximum absolute atomic E-state index is 6.47. The average Bonchev–Trinajstić information content (AvgIpc) is 3.27. The van der Waals surface area contributed by atoms with Gasteiger partial charge >= 0.3 is 5.65 Å². The summed E-state index contributed by atoms with van der Waals surface area (Å²) in [4.78, 5) is 12.8. The lowest BCUT2D eigenvalue weighted by Gasteiger charge is -2.04. The van der Waals surface area contributed by atoms with E-state index in [2.05, 4.69) is 4.98 Å². The lowest BCUT2D eigenvalue weighted by atomic mass is 10.3. The van der Waals surface area contributed by atoms with E-state index in [1.807, 2.05) is 47.0 Å². The van der Waals surface area contributed by atoms with Gasteiger partial charge in [-0.15, -0.1) is 0 Å². The van der Waals surface area contributed by atoms with Crippen LogP contribution in [0.2, 0.25) is 10.0 Å². The van der Waals surface area contributed by atoms with Crippen molar-refractivity contribution < 1.29 is 8.98 Å². The van der Waals surface area contributed by atoms with Gasteiger partial charge in [0.15, 0.2) is 11.3 Å². The van der Waals surface area contributed by atoms with Gasteiger partial charge in [0.2, 0.25) is 0 Å². The highest BCUT2D eigenvalue weighted by molar-refractivity contribution is 6.35. The molecule has 0 radical (unpaired) electrons. The molecule has 26 heavy (non-hydrogen) atoms. The standard InChI is InChI=1S/C19H10Cl2N4O/c20-11-7-8-15(12(21)10-11)25-18(16-6-3-9-26-16)24-17-19(25)23-14-5-2-1-4-13(14)22-17/h1-10H/p+1. The highest BCUT2D eigenvalue weighted by atomic mass is 35.5. The Kier molecular flexibility index (Phi) is 3.45. The van der Waals surface area contributed by atoms with E-state index >= 15 is 0 Å². The molecule has 5 rings (SSSR count). The van der Waals surface area contributed by atoms with Crippen LogP contribution in [0, 0.1) is 0 Å². The van der Waals surface area contributed by atoms with Crippen LogP contribution in [0.1, 0.15) is 0 Å². The minimum Gasteiger partial charge on any atom is -0.458 e. The van der Waals surface area contributed by atoms with Crippen molar-refractivity contribution in [2.45, 2.75) is 0 Å². The number of halogens is 2. The third-order valence-electron chi connectivity index (χ3n) is 4.13. The number of aromatic nitrogens is 4. The molecule has 0 bridgehead atoms. The average molecular weight is 382 g/mol. The molecular weight excluding hydrogens is 371 g/mol. The third kappa shape index (κ3) is 2.36. The molecule has 3 heterocycles. The fourth-order valence-electron chi connectivity index (χ4n) is 2.99. The Balaban J connectivity index is 1.91. The Morgan fingerprint density at radius 2 is 1.73 bits per heavy atom. The zero-order chi connectivity index (χ0) is 17.7. The summed E-state index contributed by atoms with van der Waals surface area (Å²) in [6.07, 6.45) is 1.62. The van der Waals surface area contributed by atoms with E-state index in [-0.39, 0.29) is 0 Å². The minimum atomic E-state index is 0.506. The quantitative estimate of drug-likeness (QED) is 0.440. The second kappa shape index (κ2) is 5.83. The van der Waals surface area contributed by atoms with Crippen LogP contribution in [0.5, 0.6) is 0 Å². The predicted octanol–water partition coefficient (Wildman–Crippen LogP) is 4.95. The Morgan fingerprint density at radius 3 is 2.46 bits per heavy atom. The van der Waals surface area contributed by atoms with Gasteiger partial charge in [-0.3, -0.25) is 0 Å². The summed E-state index contributed by atoms with van der Waals surface area (Å²) in [6, 6.07) is 16.7. The van der Waals surface area contributed by atoms with Crippen LogP contribution in [-0.4, -0.2) is 15.0 Å². The second-order valence-corrected chi connectivity index (χ2v) is 6.61. The number of fused-ring (bicyclic) bond motifs is 2. The Labute approximate surface area is 157 Å². The zero-order valence-electron chi connectivity index (χ0n) is 13.3. The lowest BCUT2D eigenvalue weighted by molar-refractivity contribution is -0.557. The number of hydrogen-bond acceptors (Lipinski definition) is 3. The van der Waals surface area contributed by atoms with E-state index < -0.39 is 0 Å². The van der Waals surface area contributed by atoms with Crippen LogP contribution >= 0.6 is 23.2 Å². The molecule has 0 spiro atoms. The molecule has 126 valence electrons. The van der Waals surface area contributed by atoms with E-state index in [0.717, 1.165) is 16.7 Å². The first-order valence-corrected chi connectivity index (χ1v) is 8.66. The summed E-state index contributed by atoms with van der Waals surface area (Å²) in [5, 5.41) is 1.07. The van der Waals surface area contributed by atoms with Crippen LogP contribution in [0.4, 0.5) is 0 Å². The van der Waals surface area contributed by atoms with Crippen molar-refractivity contribution in [1.82, 2.24) is 15.0 Å². The van der Waals surface area contributed by atoms with Gasteiger partial charge in [0.1, 0.15) is 11.2 Å². The highest BCUT2D eigenvalue weighted by Gasteiger charge is 2.27. The van der Waals surface area contributed by atoms with Gasteiger partial charge in [-0.05, 0) is 42.5 Å². The van der Waals surface area contributed by atoms with Crippen molar-refractivity contribution in [3.8, 4) is 17.3 Å². The zero-order valence-corrected chi connectivity index (χ0v) is 14.8. The fraction of sp³-hybridized carbons (Fsp3) is 0. The van der Waals surface area contributed by atoms with E-state index in [0.29, 0.717) is 32.9 Å². The fourth-order valence-corrected chi connectivity index (χ4v) is 3.48. The minimum absolute atomic E-state index is 0.506. The molecule has 2 aromatic carbocycles. The van der Waals surface area contributed by atoms with Crippen molar-refractivity contribution in [1.29, 1.82) is 0 Å². The van der Waals surface area contributed by atoms with E-state index in [4.69, 9.17) is 37.6 Å². The smallest absolute Gasteiger partial charge is 0.328 e. The molecule has 0 amide bonds. The summed E-state index contributed by atoms with van der Waals surface area (Å²) in [6.45, 7) is 0. The normalized spacial score (nSPS) is 11.5. The van der Waals surface area contributed by atoms with Crippen molar-refractivity contribution in [3.63, 3.8) is 0 Å². The summed E-state index contributed by atoms with van der Waals surface area (Å²) in [5.41, 5.74) is 3.63. The topological polar surface area (TPSA) is 58.6 Å². The number of aromatic amines is 1. The Hall–Kier alpha value is -2.89. The van der Waals surface area contributed by atoms with Crippen molar-refractivity contribution >= 4 is 45.5 Å². The van der Waals surface area contributed by atoms with Crippen LogP contribution in [0.15, 0.2) is 65.3 Å². The van der Waals surface area contributed by atoms with E-state index in [9.17, 15) is 0 Å². The maximum atomic E-state index is 6.47. The van der Waals surface area contributed by atoms with Crippen molar-refractivity contribution in [3.05, 3.63) is 70.9 Å². The number of imidazole rings is 1. The Morgan fingerprint density at radius 1 is 0.923 bits per heavy atom. The summed E-state index contributed by atoms with van der Waals surface area (Å²) < 4.78 is 7.49. The maximum Gasteiger partial charge on any atom is 0.328 e. The van der Waals surface area contributed by atoms with Gasteiger partial charge in [-0.2, -0.15) is 4.57 Å². The molecule has 5 nitrogen and oxygen atoms in total.